The molecule has 2 rings (SSSR count). The summed E-state index contributed by atoms with van der Waals surface area (Å²) in [6.45, 7) is 5.62. The minimum Gasteiger partial charge on any atom is -0.378 e. The van der Waals surface area contributed by atoms with Gasteiger partial charge in [0.25, 0.3) is 0 Å². The number of benzene rings is 1. The second-order valence-corrected chi connectivity index (χ2v) is 5.25. The SMILES string of the molecule is CCC1CCN(c2ccc(N(C)C)cc2)CCN1. The van der Waals surface area contributed by atoms with Crippen LogP contribution in [0.4, 0.5) is 11.4 Å². The van der Waals surface area contributed by atoms with Crippen molar-refractivity contribution in [2.75, 3.05) is 43.5 Å². The summed E-state index contributed by atoms with van der Waals surface area (Å²) in [7, 11) is 4.16. The monoisotopic (exact) mass is 247 g/mol. The number of rotatable bonds is 3. The zero-order valence-corrected chi connectivity index (χ0v) is 11.8. The number of anilines is 2. The largest absolute Gasteiger partial charge is 0.378 e. The van der Waals surface area contributed by atoms with Crippen molar-refractivity contribution >= 4 is 11.4 Å². The molecule has 18 heavy (non-hydrogen) atoms. The normalized spacial score (nSPS) is 20.6. The van der Waals surface area contributed by atoms with E-state index >= 15 is 0 Å². The van der Waals surface area contributed by atoms with E-state index in [1.165, 1.54) is 24.2 Å². The summed E-state index contributed by atoms with van der Waals surface area (Å²) in [6.07, 6.45) is 2.47. The van der Waals surface area contributed by atoms with Crippen LogP contribution in [-0.2, 0) is 0 Å². The van der Waals surface area contributed by atoms with Crippen molar-refractivity contribution in [1.82, 2.24) is 5.32 Å². The third-order valence-corrected chi connectivity index (χ3v) is 3.79. The average Bonchev–Trinajstić information content (AvgIpc) is 2.64. The summed E-state index contributed by atoms with van der Waals surface area (Å²) in [5, 5.41) is 3.61. The zero-order valence-electron chi connectivity index (χ0n) is 11.8. The van der Waals surface area contributed by atoms with E-state index in [4.69, 9.17) is 0 Å². The third-order valence-electron chi connectivity index (χ3n) is 3.79. The van der Waals surface area contributed by atoms with Gasteiger partial charge in [0.15, 0.2) is 0 Å². The Morgan fingerprint density at radius 1 is 1.22 bits per heavy atom. The van der Waals surface area contributed by atoms with Crippen molar-refractivity contribution in [3.63, 3.8) is 0 Å². The van der Waals surface area contributed by atoms with Crippen molar-refractivity contribution in [1.29, 1.82) is 0 Å². The van der Waals surface area contributed by atoms with Gasteiger partial charge in [0.1, 0.15) is 0 Å². The van der Waals surface area contributed by atoms with E-state index in [1.54, 1.807) is 0 Å². The Morgan fingerprint density at radius 2 is 1.94 bits per heavy atom. The first kappa shape index (κ1) is 13.2. The number of hydrogen-bond acceptors (Lipinski definition) is 3. The van der Waals surface area contributed by atoms with Gasteiger partial charge in [-0.25, -0.2) is 0 Å². The number of nitrogens with one attached hydrogen (secondary N) is 1. The van der Waals surface area contributed by atoms with E-state index in [2.05, 4.69) is 60.4 Å². The summed E-state index contributed by atoms with van der Waals surface area (Å²) in [5.74, 6) is 0. The van der Waals surface area contributed by atoms with Gasteiger partial charge in [-0.05, 0) is 37.1 Å². The van der Waals surface area contributed by atoms with E-state index < -0.39 is 0 Å². The Kier molecular flexibility index (Phi) is 4.48. The van der Waals surface area contributed by atoms with Crippen LogP contribution in [0, 0.1) is 0 Å². The maximum atomic E-state index is 3.61. The molecule has 0 radical (unpaired) electrons. The first-order chi connectivity index (χ1) is 8.70. The fourth-order valence-electron chi connectivity index (χ4n) is 2.50. The lowest BCUT2D eigenvalue weighted by Crippen LogP contribution is -2.30. The lowest BCUT2D eigenvalue weighted by molar-refractivity contribution is 0.510. The molecule has 0 amide bonds. The van der Waals surface area contributed by atoms with Gasteiger partial charge in [0.05, 0.1) is 0 Å². The van der Waals surface area contributed by atoms with Crippen molar-refractivity contribution in [3.05, 3.63) is 24.3 Å². The molecule has 0 aromatic heterocycles. The molecule has 3 nitrogen and oxygen atoms in total. The van der Waals surface area contributed by atoms with Crippen LogP contribution in [0.15, 0.2) is 24.3 Å². The minimum atomic E-state index is 0.691. The van der Waals surface area contributed by atoms with Crippen LogP contribution in [0.5, 0.6) is 0 Å². The Hall–Kier alpha value is -1.22. The topological polar surface area (TPSA) is 18.5 Å². The fraction of sp³-hybridized carbons (Fsp3) is 0.600. The average molecular weight is 247 g/mol. The summed E-state index contributed by atoms with van der Waals surface area (Å²) >= 11 is 0. The molecule has 0 bridgehead atoms. The van der Waals surface area contributed by atoms with E-state index in [-0.39, 0.29) is 0 Å². The standard InChI is InChI=1S/C15H25N3/c1-4-13-9-11-18(12-10-16-13)15-7-5-14(6-8-15)17(2)3/h5-8,13,16H,4,9-12H2,1-3H3. The van der Waals surface area contributed by atoms with E-state index in [9.17, 15) is 0 Å². The van der Waals surface area contributed by atoms with Crippen LogP contribution in [0.25, 0.3) is 0 Å². The van der Waals surface area contributed by atoms with Gasteiger partial charge in [-0.1, -0.05) is 6.92 Å². The maximum absolute atomic E-state index is 3.61. The fourth-order valence-corrected chi connectivity index (χ4v) is 2.50. The third kappa shape index (κ3) is 3.16. The lowest BCUT2D eigenvalue weighted by atomic mass is 10.1. The van der Waals surface area contributed by atoms with Gasteiger partial charge in [0, 0.05) is 51.1 Å². The highest BCUT2D eigenvalue weighted by Gasteiger charge is 2.15. The van der Waals surface area contributed by atoms with Gasteiger partial charge in [0.2, 0.25) is 0 Å². The van der Waals surface area contributed by atoms with Gasteiger partial charge >= 0.3 is 0 Å². The predicted molar refractivity (Wildman–Crippen MR) is 79.7 cm³/mol. The molecule has 0 spiro atoms. The molecule has 0 aliphatic carbocycles. The molecule has 1 atom stereocenters. The molecule has 1 N–H and O–H groups in total. The minimum absolute atomic E-state index is 0.691. The molecule has 100 valence electrons. The van der Waals surface area contributed by atoms with Crippen molar-refractivity contribution in [2.45, 2.75) is 25.8 Å². The summed E-state index contributed by atoms with van der Waals surface area (Å²) in [5.41, 5.74) is 2.61. The first-order valence-corrected chi connectivity index (χ1v) is 6.96. The van der Waals surface area contributed by atoms with Crippen LogP contribution in [0.1, 0.15) is 19.8 Å². The van der Waals surface area contributed by atoms with E-state index in [0.717, 1.165) is 19.6 Å². The van der Waals surface area contributed by atoms with E-state index in [0.29, 0.717) is 6.04 Å². The number of nitrogens with zero attached hydrogens (tertiary/aromatic N) is 2. The molecule has 1 aliphatic rings. The zero-order chi connectivity index (χ0) is 13.0. The van der Waals surface area contributed by atoms with Crippen LogP contribution >= 0.6 is 0 Å². The smallest absolute Gasteiger partial charge is 0.0368 e. The molecule has 1 aromatic rings. The molecular weight excluding hydrogens is 222 g/mol. The summed E-state index contributed by atoms with van der Waals surface area (Å²) in [4.78, 5) is 4.63. The molecular formula is C15H25N3. The predicted octanol–water partition coefficient (Wildman–Crippen LogP) is 2.33. The summed E-state index contributed by atoms with van der Waals surface area (Å²) in [6, 6.07) is 9.56. The molecule has 1 aliphatic heterocycles. The Morgan fingerprint density at radius 3 is 2.56 bits per heavy atom. The van der Waals surface area contributed by atoms with E-state index in [1.807, 2.05) is 0 Å². The molecule has 0 saturated carbocycles. The second kappa shape index (κ2) is 6.10. The first-order valence-electron chi connectivity index (χ1n) is 6.96. The molecule has 3 heteroatoms. The highest BCUT2D eigenvalue weighted by Crippen LogP contribution is 2.20. The molecule has 1 saturated heterocycles. The van der Waals surface area contributed by atoms with Crippen LogP contribution in [0.2, 0.25) is 0 Å². The highest BCUT2D eigenvalue weighted by molar-refractivity contribution is 5.55. The van der Waals surface area contributed by atoms with Gasteiger partial charge in [-0.2, -0.15) is 0 Å². The number of hydrogen-bond donors (Lipinski definition) is 1. The Labute approximate surface area is 111 Å². The van der Waals surface area contributed by atoms with Gasteiger partial charge in [-0.3, -0.25) is 0 Å². The van der Waals surface area contributed by atoms with Crippen molar-refractivity contribution in [2.24, 2.45) is 0 Å². The maximum Gasteiger partial charge on any atom is 0.0368 e. The van der Waals surface area contributed by atoms with Crippen LogP contribution in [-0.4, -0.2) is 39.8 Å². The summed E-state index contributed by atoms with van der Waals surface area (Å²) < 4.78 is 0. The van der Waals surface area contributed by atoms with Crippen LogP contribution in [0.3, 0.4) is 0 Å². The molecule has 1 aromatic carbocycles. The van der Waals surface area contributed by atoms with Crippen molar-refractivity contribution in [3.8, 4) is 0 Å². The van der Waals surface area contributed by atoms with Gasteiger partial charge in [-0.15, -0.1) is 0 Å². The van der Waals surface area contributed by atoms with Crippen molar-refractivity contribution < 1.29 is 0 Å². The Bertz CT molecular complexity index is 359. The second-order valence-electron chi connectivity index (χ2n) is 5.25. The highest BCUT2D eigenvalue weighted by atomic mass is 15.2. The molecule has 1 unspecified atom stereocenters. The molecule has 1 fully saturated rings. The molecule has 1 heterocycles. The van der Waals surface area contributed by atoms with Gasteiger partial charge < -0.3 is 15.1 Å². The Balaban J connectivity index is 2.02. The van der Waals surface area contributed by atoms with Crippen LogP contribution < -0.4 is 15.1 Å². The quantitative estimate of drug-likeness (QED) is 0.884. The lowest BCUT2D eigenvalue weighted by Gasteiger charge is -2.23.